The van der Waals surface area contributed by atoms with Crippen molar-refractivity contribution in [3.05, 3.63) is 65.2 Å². The van der Waals surface area contributed by atoms with E-state index in [9.17, 15) is 0 Å². The summed E-state index contributed by atoms with van der Waals surface area (Å²) in [6, 6.07) is 18.2. The largest absolute Gasteiger partial charge is 0.385 e. The second kappa shape index (κ2) is 5.57. The normalized spacial score (nSPS) is 10.1. The molecule has 0 amide bonds. The van der Waals surface area contributed by atoms with Crippen LogP contribution in [0.2, 0.25) is 5.02 Å². The number of halogens is 1. The highest BCUT2D eigenvalue weighted by atomic mass is 35.5. The molecule has 0 saturated carbocycles. The first-order chi connectivity index (χ1) is 7.86. The minimum absolute atomic E-state index is 0.845. The Hall–Kier alpha value is -1.47. The quantitative estimate of drug-likeness (QED) is 0.839. The monoisotopic (exact) mass is 231 g/mol. The summed E-state index contributed by atoms with van der Waals surface area (Å²) in [5.41, 5.74) is 2.34. The van der Waals surface area contributed by atoms with Gasteiger partial charge in [-0.2, -0.15) is 0 Å². The maximum atomic E-state index is 6.08. The zero-order valence-electron chi connectivity index (χ0n) is 8.99. The highest BCUT2D eigenvalue weighted by Crippen LogP contribution is 2.15. The van der Waals surface area contributed by atoms with Crippen molar-refractivity contribution in [3.8, 4) is 0 Å². The summed E-state index contributed by atoms with van der Waals surface area (Å²) in [6.45, 7) is 0.897. The lowest BCUT2D eigenvalue weighted by molar-refractivity contribution is 1.02. The molecule has 2 aromatic rings. The van der Waals surface area contributed by atoms with Crippen LogP contribution in [0.25, 0.3) is 0 Å². The van der Waals surface area contributed by atoms with Gasteiger partial charge < -0.3 is 5.32 Å². The molecule has 1 N–H and O–H groups in total. The Kier molecular flexibility index (Phi) is 3.84. The molecular weight excluding hydrogens is 218 g/mol. The van der Waals surface area contributed by atoms with E-state index in [1.54, 1.807) is 0 Å². The summed E-state index contributed by atoms with van der Waals surface area (Å²) in [5, 5.41) is 4.21. The van der Waals surface area contributed by atoms with Crippen LogP contribution in [0.4, 0.5) is 5.69 Å². The molecule has 0 atom stereocenters. The van der Waals surface area contributed by atoms with E-state index >= 15 is 0 Å². The lowest BCUT2D eigenvalue weighted by atomic mass is 10.1. The van der Waals surface area contributed by atoms with Gasteiger partial charge in [0.2, 0.25) is 0 Å². The maximum Gasteiger partial charge on any atom is 0.0438 e. The van der Waals surface area contributed by atoms with Crippen LogP contribution in [0, 0.1) is 0 Å². The fraction of sp³-hybridized carbons (Fsp3) is 0.143. The predicted molar refractivity (Wildman–Crippen MR) is 70.1 cm³/mol. The van der Waals surface area contributed by atoms with Gasteiger partial charge in [0.25, 0.3) is 0 Å². The molecule has 0 heterocycles. The zero-order valence-corrected chi connectivity index (χ0v) is 9.74. The van der Waals surface area contributed by atoms with Crippen LogP contribution in [0.3, 0.4) is 0 Å². The van der Waals surface area contributed by atoms with Crippen molar-refractivity contribution in [2.75, 3.05) is 11.9 Å². The van der Waals surface area contributed by atoms with E-state index in [4.69, 9.17) is 11.6 Å². The fourth-order valence-electron chi connectivity index (χ4n) is 1.60. The van der Waals surface area contributed by atoms with Crippen molar-refractivity contribution in [2.45, 2.75) is 6.42 Å². The van der Waals surface area contributed by atoms with Gasteiger partial charge in [-0.25, -0.2) is 0 Å². The molecule has 0 saturated heterocycles. The van der Waals surface area contributed by atoms with Crippen LogP contribution >= 0.6 is 11.6 Å². The van der Waals surface area contributed by atoms with E-state index in [1.807, 2.05) is 36.4 Å². The predicted octanol–water partition coefficient (Wildman–Crippen LogP) is 3.99. The van der Waals surface area contributed by atoms with Crippen molar-refractivity contribution in [1.82, 2.24) is 0 Å². The second-order valence-corrected chi connectivity index (χ2v) is 4.04. The fourth-order valence-corrected chi connectivity index (χ4v) is 1.83. The number of para-hydroxylation sites is 1. The van der Waals surface area contributed by atoms with Crippen LogP contribution in [-0.2, 0) is 6.42 Å². The Labute approximate surface area is 101 Å². The van der Waals surface area contributed by atoms with Crippen molar-refractivity contribution >= 4 is 17.3 Å². The summed E-state index contributed by atoms with van der Waals surface area (Å²) in [6.07, 6.45) is 0.939. The van der Waals surface area contributed by atoms with Crippen LogP contribution in [0.5, 0.6) is 0 Å². The van der Waals surface area contributed by atoms with Crippen LogP contribution < -0.4 is 5.32 Å². The van der Waals surface area contributed by atoms with Gasteiger partial charge in [-0.1, -0.05) is 48.0 Å². The maximum absolute atomic E-state index is 6.08. The summed E-state index contributed by atoms with van der Waals surface area (Å²) in [7, 11) is 0. The van der Waals surface area contributed by atoms with Crippen molar-refractivity contribution in [1.29, 1.82) is 0 Å². The third-order valence-electron chi connectivity index (χ3n) is 2.46. The van der Waals surface area contributed by atoms with Gasteiger partial charge in [-0.05, 0) is 30.2 Å². The van der Waals surface area contributed by atoms with Gasteiger partial charge in [0.1, 0.15) is 0 Å². The Bertz CT molecular complexity index is 439. The first-order valence-corrected chi connectivity index (χ1v) is 5.76. The molecule has 0 fully saturated rings. The van der Waals surface area contributed by atoms with Crippen LogP contribution in [-0.4, -0.2) is 6.54 Å². The van der Waals surface area contributed by atoms with Gasteiger partial charge >= 0.3 is 0 Å². The Balaban J connectivity index is 1.87. The number of rotatable bonds is 4. The molecule has 2 heteroatoms. The van der Waals surface area contributed by atoms with E-state index in [1.165, 1.54) is 5.56 Å². The summed E-state index contributed by atoms with van der Waals surface area (Å²) >= 11 is 6.08. The molecule has 0 radical (unpaired) electrons. The van der Waals surface area contributed by atoms with E-state index in [0.29, 0.717) is 0 Å². The first kappa shape index (κ1) is 11.0. The zero-order chi connectivity index (χ0) is 11.2. The average Bonchev–Trinajstić information content (AvgIpc) is 2.33. The smallest absolute Gasteiger partial charge is 0.0438 e. The number of nitrogens with one attached hydrogen (secondary N) is 1. The molecule has 16 heavy (non-hydrogen) atoms. The third-order valence-corrected chi connectivity index (χ3v) is 2.82. The number of benzene rings is 2. The molecule has 0 aromatic heterocycles. The van der Waals surface area contributed by atoms with Gasteiger partial charge in [-0.3, -0.25) is 0 Å². The molecule has 0 aliphatic rings. The SMILES string of the molecule is Clc1ccccc1CCNc1ccccc1. The van der Waals surface area contributed by atoms with E-state index in [0.717, 1.165) is 23.7 Å². The number of hydrogen-bond acceptors (Lipinski definition) is 1. The molecule has 2 rings (SSSR count). The van der Waals surface area contributed by atoms with E-state index < -0.39 is 0 Å². The molecule has 0 bridgehead atoms. The minimum atomic E-state index is 0.845. The highest BCUT2D eigenvalue weighted by Gasteiger charge is 1.97. The number of anilines is 1. The Morgan fingerprint density at radius 3 is 2.31 bits per heavy atom. The van der Waals surface area contributed by atoms with E-state index in [2.05, 4.69) is 23.5 Å². The molecule has 0 unspecified atom stereocenters. The number of hydrogen-bond donors (Lipinski definition) is 1. The van der Waals surface area contributed by atoms with Gasteiger partial charge in [0, 0.05) is 17.3 Å². The topological polar surface area (TPSA) is 12.0 Å². The molecule has 0 aliphatic carbocycles. The van der Waals surface area contributed by atoms with Crippen LogP contribution in [0.1, 0.15) is 5.56 Å². The molecule has 2 aromatic carbocycles. The second-order valence-electron chi connectivity index (χ2n) is 3.63. The van der Waals surface area contributed by atoms with E-state index in [-0.39, 0.29) is 0 Å². The minimum Gasteiger partial charge on any atom is -0.385 e. The van der Waals surface area contributed by atoms with Crippen LogP contribution in [0.15, 0.2) is 54.6 Å². The van der Waals surface area contributed by atoms with Crippen molar-refractivity contribution < 1.29 is 0 Å². The highest BCUT2D eigenvalue weighted by molar-refractivity contribution is 6.31. The molecule has 0 aliphatic heterocycles. The van der Waals surface area contributed by atoms with Gasteiger partial charge in [0.15, 0.2) is 0 Å². The molecular formula is C14H14ClN. The molecule has 1 nitrogen and oxygen atoms in total. The standard InChI is InChI=1S/C14H14ClN/c15-14-9-5-4-6-12(14)10-11-16-13-7-2-1-3-8-13/h1-9,16H,10-11H2. The third kappa shape index (κ3) is 3.01. The molecule has 0 spiro atoms. The lowest BCUT2D eigenvalue weighted by Gasteiger charge is -2.07. The summed E-state index contributed by atoms with van der Waals surface area (Å²) in [4.78, 5) is 0. The Morgan fingerprint density at radius 2 is 1.56 bits per heavy atom. The van der Waals surface area contributed by atoms with Gasteiger partial charge in [-0.15, -0.1) is 0 Å². The van der Waals surface area contributed by atoms with Gasteiger partial charge in [0.05, 0.1) is 0 Å². The molecule has 82 valence electrons. The lowest BCUT2D eigenvalue weighted by Crippen LogP contribution is -2.04. The summed E-state index contributed by atoms with van der Waals surface area (Å²) in [5.74, 6) is 0. The average molecular weight is 232 g/mol. The Morgan fingerprint density at radius 1 is 0.875 bits per heavy atom. The van der Waals surface area contributed by atoms with Crippen molar-refractivity contribution in [3.63, 3.8) is 0 Å². The first-order valence-electron chi connectivity index (χ1n) is 5.38. The summed E-state index contributed by atoms with van der Waals surface area (Å²) < 4.78 is 0. The van der Waals surface area contributed by atoms with Crippen molar-refractivity contribution in [2.24, 2.45) is 0 Å².